The summed E-state index contributed by atoms with van der Waals surface area (Å²) in [5, 5.41) is 7.63. The molecule has 9 heteroatoms. The standard InChI is InChI=1S/C12H22N6O3/c1-16(2)11(19)8-17(4-5-21-3)12(20)9-18-7-10(6-13)14-15-18/h7H,4-6,8-9,13H2,1-3H3. The number of likely N-dealkylation sites (N-methyl/N-ethyl adjacent to an activating group) is 1. The molecule has 0 radical (unpaired) electrons. The predicted molar refractivity (Wildman–Crippen MR) is 75.1 cm³/mol. The number of nitrogens with two attached hydrogens (primary N) is 1. The molecule has 9 nitrogen and oxygen atoms in total. The molecule has 1 heterocycles. The third-order valence-corrected chi connectivity index (χ3v) is 2.84. The van der Waals surface area contributed by atoms with Crippen molar-refractivity contribution in [3.63, 3.8) is 0 Å². The Hall–Kier alpha value is -2.00. The van der Waals surface area contributed by atoms with Gasteiger partial charge in [0.05, 0.1) is 25.0 Å². The number of ether oxygens (including phenoxy) is 1. The number of hydrogen-bond donors (Lipinski definition) is 1. The Morgan fingerprint density at radius 3 is 2.62 bits per heavy atom. The maximum Gasteiger partial charge on any atom is 0.244 e. The van der Waals surface area contributed by atoms with Gasteiger partial charge in [-0.3, -0.25) is 9.59 Å². The van der Waals surface area contributed by atoms with Crippen molar-refractivity contribution < 1.29 is 14.3 Å². The van der Waals surface area contributed by atoms with Gasteiger partial charge >= 0.3 is 0 Å². The van der Waals surface area contributed by atoms with Gasteiger partial charge in [0.25, 0.3) is 0 Å². The van der Waals surface area contributed by atoms with Crippen LogP contribution in [0.2, 0.25) is 0 Å². The van der Waals surface area contributed by atoms with Crippen molar-refractivity contribution in [2.24, 2.45) is 5.73 Å². The van der Waals surface area contributed by atoms with Crippen LogP contribution >= 0.6 is 0 Å². The van der Waals surface area contributed by atoms with Crippen LogP contribution in [0.4, 0.5) is 0 Å². The van der Waals surface area contributed by atoms with E-state index in [9.17, 15) is 9.59 Å². The van der Waals surface area contributed by atoms with Gasteiger partial charge in [0, 0.05) is 34.3 Å². The van der Waals surface area contributed by atoms with Gasteiger partial charge in [-0.25, -0.2) is 4.68 Å². The third-order valence-electron chi connectivity index (χ3n) is 2.84. The highest BCUT2D eigenvalue weighted by molar-refractivity contribution is 5.84. The first-order valence-electron chi connectivity index (χ1n) is 6.53. The summed E-state index contributed by atoms with van der Waals surface area (Å²) in [7, 11) is 4.83. The summed E-state index contributed by atoms with van der Waals surface area (Å²) >= 11 is 0. The number of nitrogens with zero attached hydrogens (tertiary/aromatic N) is 5. The van der Waals surface area contributed by atoms with E-state index in [2.05, 4.69) is 10.3 Å². The minimum atomic E-state index is -0.226. The van der Waals surface area contributed by atoms with Crippen LogP contribution in [0, 0.1) is 0 Å². The summed E-state index contributed by atoms with van der Waals surface area (Å²) < 4.78 is 6.37. The molecule has 118 valence electrons. The van der Waals surface area contributed by atoms with E-state index >= 15 is 0 Å². The van der Waals surface area contributed by atoms with Gasteiger partial charge in [0.2, 0.25) is 11.8 Å². The number of hydrogen-bond acceptors (Lipinski definition) is 6. The maximum atomic E-state index is 12.3. The highest BCUT2D eigenvalue weighted by Gasteiger charge is 2.18. The highest BCUT2D eigenvalue weighted by atomic mass is 16.5. The fraction of sp³-hybridized carbons (Fsp3) is 0.667. The SMILES string of the molecule is COCCN(CC(=O)N(C)C)C(=O)Cn1cc(CN)nn1. The third kappa shape index (κ3) is 5.48. The smallest absolute Gasteiger partial charge is 0.244 e. The Labute approximate surface area is 123 Å². The number of amides is 2. The summed E-state index contributed by atoms with van der Waals surface area (Å²) in [6.07, 6.45) is 1.61. The van der Waals surface area contributed by atoms with Crippen LogP contribution in [-0.4, -0.2) is 77.5 Å². The Morgan fingerprint density at radius 1 is 1.38 bits per heavy atom. The molecule has 1 aromatic heterocycles. The van der Waals surface area contributed by atoms with Crippen molar-refractivity contribution in [1.82, 2.24) is 24.8 Å². The predicted octanol–water partition coefficient (Wildman–Crippen LogP) is -1.70. The number of rotatable bonds is 8. The van der Waals surface area contributed by atoms with Crippen LogP contribution < -0.4 is 5.73 Å². The molecule has 1 rings (SSSR count). The van der Waals surface area contributed by atoms with Crippen LogP contribution in [0.1, 0.15) is 5.69 Å². The Balaban J connectivity index is 2.67. The van der Waals surface area contributed by atoms with Gasteiger partial charge in [0.15, 0.2) is 0 Å². The lowest BCUT2D eigenvalue weighted by atomic mass is 10.4. The summed E-state index contributed by atoms with van der Waals surface area (Å²) in [4.78, 5) is 26.9. The molecule has 1 aromatic rings. The second-order valence-corrected chi connectivity index (χ2v) is 4.71. The minimum absolute atomic E-state index is 0.00758. The fourth-order valence-electron chi connectivity index (χ4n) is 1.55. The van der Waals surface area contributed by atoms with Crippen LogP contribution in [0.5, 0.6) is 0 Å². The fourth-order valence-corrected chi connectivity index (χ4v) is 1.55. The Morgan fingerprint density at radius 2 is 2.10 bits per heavy atom. The minimum Gasteiger partial charge on any atom is -0.383 e. The zero-order valence-corrected chi connectivity index (χ0v) is 12.7. The molecule has 0 atom stereocenters. The molecule has 2 amide bonds. The highest BCUT2D eigenvalue weighted by Crippen LogP contribution is 1.98. The molecular formula is C12H22N6O3. The van der Waals surface area contributed by atoms with E-state index in [4.69, 9.17) is 10.5 Å². The lowest BCUT2D eigenvalue weighted by molar-refractivity contribution is -0.140. The Kier molecular flexibility index (Phi) is 6.76. The average Bonchev–Trinajstić information content (AvgIpc) is 2.90. The largest absolute Gasteiger partial charge is 0.383 e. The molecule has 2 N–H and O–H groups in total. The molecule has 0 spiro atoms. The lowest BCUT2D eigenvalue weighted by Gasteiger charge is -2.23. The van der Waals surface area contributed by atoms with E-state index in [1.165, 1.54) is 14.5 Å². The van der Waals surface area contributed by atoms with Gasteiger partial charge in [-0.05, 0) is 0 Å². The van der Waals surface area contributed by atoms with Gasteiger partial charge in [-0.1, -0.05) is 5.21 Å². The topological polar surface area (TPSA) is 107 Å². The average molecular weight is 298 g/mol. The van der Waals surface area contributed by atoms with Crippen molar-refractivity contribution in [2.45, 2.75) is 13.1 Å². The molecule has 0 saturated heterocycles. The number of aromatic nitrogens is 3. The zero-order chi connectivity index (χ0) is 15.8. The quantitative estimate of drug-likeness (QED) is 0.613. The summed E-state index contributed by atoms with van der Waals surface area (Å²) in [6.45, 7) is 0.983. The molecule has 0 saturated carbocycles. The first-order chi connectivity index (χ1) is 9.97. The molecule has 0 bridgehead atoms. The molecule has 0 unspecified atom stereocenters. The van der Waals surface area contributed by atoms with Crippen molar-refractivity contribution in [3.05, 3.63) is 11.9 Å². The molecule has 0 aromatic carbocycles. The van der Waals surface area contributed by atoms with E-state index in [0.717, 1.165) is 0 Å². The number of methoxy groups -OCH3 is 1. The van der Waals surface area contributed by atoms with Crippen LogP contribution in [0.25, 0.3) is 0 Å². The second kappa shape index (κ2) is 8.32. The number of carbonyl (C=O) groups excluding carboxylic acids is 2. The first-order valence-corrected chi connectivity index (χ1v) is 6.53. The molecule has 0 aliphatic carbocycles. The van der Waals surface area contributed by atoms with Crippen LogP contribution in [0.15, 0.2) is 6.20 Å². The van der Waals surface area contributed by atoms with E-state index in [1.54, 1.807) is 27.4 Å². The van der Waals surface area contributed by atoms with Crippen LogP contribution in [0.3, 0.4) is 0 Å². The van der Waals surface area contributed by atoms with E-state index < -0.39 is 0 Å². The molecule has 0 aliphatic rings. The van der Waals surface area contributed by atoms with Gasteiger partial charge in [-0.15, -0.1) is 5.10 Å². The van der Waals surface area contributed by atoms with Crippen molar-refractivity contribution in [2.75, 3.05) is 40.9 Å². The monoisotopic (exact) mass is 298 g/mol. The molecule has 0 aliphatic heterocycles. The van der Waals surface area contributed by atoms with Gasteiger partial charge in [-0.2, -0.15) is 0 Å². The molecule has 0 fully saturated rings. The normalized spacial score (nSPS) is 10.5. The van der Waals surface area contributed by atoms with Crippen molar-refractivity contribution >= 4 is 11.8 Å². The maximum absolute atomic E-state index is 12.3. The lowest BCUT2D eigenvalue weighted by Crippen LogP contribution is -2.43. The first kappa shape index (κ1) is 17.1. The summed E-state index contributed by atoms with van der Waals surface area (Å²) in [5.74, 6) is -0.378. The van der Waals surface area contributed by atoms with Gasteiger partial charge in [0.1, 0.15) is 6.54 Å². The van der Waals surface area contributed by atoms with E-state index in [0.29, 0.717) is 18.8 Å². The van der Waals surface area contributed by atoms with Crippen molar-refractivity contribution in [3.8, 4) is 0 Å². The zero-order valence-electron chi connectivity index (χ0n) is 12.7. The van der Waals surface area contributed by atoms with Crippen LogP contribution in [-0.2, 0) is 27.4 Å². The van der Waals surface area contributed by atoms with E-state index in [1.807, 2.05) is 0 Å². The van der Waals surface area contributed by atoms with E-state index in [-0.39, 0.29) is 31.4 Å². The van der Waals surface area contributed by atoms with Crippen molar-refractivity contribution in [1.29, 1.82) is 0 Å². The number of carbonyl (C=O) groups is 2. The Bertz CT molecular complexity index is 473. The molecular weight excluding hydrogens is 276 g/mol. The second-order valence-electron chi connectivity index (χ2n) is 4.71. The molecule has 21 heavy (non-hydrogen) atoms. The summed E-state index contributed by atoms with van der Waals surface area (Å²) in [6, 6.07) is 0. The van der Waals surface area contributed by atoms with Gasteiger partial charge < -0.3 is 20.3 Å². The summed E-state index contributed by atoms with van der Waals surface area (Å²) in [5.41, 5.74) is 6.05.